The van der Waals surface area contributed by atoms with Crippen molar-refractivity contribution in [3.05, 3.63) is 15.9 Å². The second-order valence-corrected chi connectivity index (χ2v) is 7.11. The minimum atomic E-state index is -0.578. The molecule has 0 bridgehead atoms. The summed E-state index contributed by atoms with van der Waals surface area (Å²) in [5.74, 6) is 0. The van der Waals surface area contributed by atoms with E-state index in [1.165, 1.54) is 6.42 Å². The molecule has 0 atom stereocenters. The lowest BCUT2D eigenvalue weighted by molar-refractivity contribution is -0.00467. The Morgan fingerprint density at radius 2 is 2.05 bits per heavy atom. The fourth-order valence-electron chi connectivity index (χ4n) is 3.21. The smallest absolute Gasteiger partial charge is 0.0766 e. The first-order valence-corrected chi connectivity index (χ1v) is 8.94. The summed E-state index contributed by atoms with van der Waals surface area (Å²) in [6.07, 6.45) is 6.64. The van der Waals surface area contributed by atoms with E-state index in [1.54, 1.807) is 0 Å². The van der Waals surface area contributed by atoms with Crippen molar-refractivity contribution in [2.45, 2.75) is 70.4 Å². The Morgan fingerprint density at radius 1 is 1.38 bits per heavy atom. The minimum absolute atomic E-state index is 0.575. The molecule has 1 aromatic rings. The van der Waals surface area contributed by atoms with Crippen LogP contribution in [0.15, 0.2) is 4.47 Å². The molecule has 1 aromatic heterocycles. The first-order valence-electron chi connectivity index (χ1n) is 8.15. The van der Waals surface area contributed by atoms with E-state index in [1.807, 2.05) is 11.7 Å². The maximum absolute atomic E-state index is 10.9. The Bertz CT molecular complexity index is 464. The molecule has 1 saturated carbocycles. The lowest BCUT2D eigenvalue weighted by Gasteiger charge is -2.36. The highest BCUT2D eigenvalue weighted by atomic mass is 79.9. The number of nitrogens with one attached hydrogen (secondary N) is 1. The zero-order chi connectivity index (χ0) is 15.5. The summed E-state index contributed by atoms with van der Waals surface area (Å²) in [4.78, 5) is 0. The summed E-state index contributed by atoms with van der Waals surface area (Å²) in [5, 5.41) is 19.0. The minimum Gasteiger partial charge on any atom is -0.389 e. The van der Waals surface area contributed by atoms with E-state index in [9.17, 15) is 5.11 Å². The number of hydrogen-bond donors (Lipinski definition) is 2. The van der Waals surface area contributed by atoms with Gasteiger partial charge in [-0.05, 0) is 61.0 Å². The van der Waals surface area contributed by atoms with E-state index >= 15 is 0 Å². The zero-order valence-corrected chi connectivity index (χ0v) is 15.0. The predicted octanol–water partition coefficient (Wildman–Crippen LogP) is 2.96. The molecule has 2 rings (SSSR count). The molecule has 0 unspecified atom stereocenters. The van der Waals surface area contributed by atoms with E-state index in [0.717, 1.165) is 54.5 Å². The van der Waals surface area contributed by atoms with Crippen molar-refractivity contribution in [3.63, 3.8) is 0 Å². The predicted molar refractivity (Wildman–Crippen MR) is 89.5 cm³/mol. The van der Waals surface area contributed by atoms with Gasteiger partial charge < -0.3 is 10.4 Å². The normalized spacial score (nSPS) is 26.2. The molecule has 2 N–H and O–H groups in total. The van der Waals surface area contributed by atoms with Gasteiger partial charge >= 0.3 is 0 Å². The first-order chi connectivity index (χ1) is 9.99. The molecule has 21 heavy (non-hydrogen) atoms. The maximum Gasteiger partial charge on any atom is 0.0766 e. The van der Waals surface area contributed by atoms with Gasteiger partial charge in [0.25, 0.3) is 0 Å². The van der Waals surface area contributed by atoms with E-state index in [4.69, 9.17) is 0 Å². The van der Waals surface area contributed by atoms with E-state index in [-0.39, 0.29) is 0 Å². The third kappa shape index (κ3) is 4.08. The number of hydrogen-bond acceptors (Lipinski definition) is 3. The number of aromatic nitrogens is 2. The third-order valence-corrected chi connectivity index (χ3v) is 5.51. The average molecular weight is 358 g/mol. The summed E-state index contributed by atoms with van der Waals surface area (Å²) < 4.78 is 3.00. The lowest BCUT2D eigenvalue weighted by Crippen LogP contribution is -2.43. The summed E-state index contributed by atoms with van der Waals surface area (Å²) in [6.45, 7) is 5.38. The molecule has 1 heterocycles. The van der Waals surface area contributed by atoms with Crippen LogP contribution < -0.4 is 5.32 Å². The number of halogens is 1. The van der Waals surface area contributed by atoms with Crippen LogP contribution in [0.5, 0.6) is 0 Å². The van der Waals surface area contributed by atoms with Crippen LogP contribution in [0.2, 0.25) is 0 Å². The quantitative estimate of drug-likeness (QED) is 0.822. The van der Waals surface area contributed by atoms with Crippen LogP contribution in [-0.2, 0) is 19.9 Å². The maximum atomic E-state index is 10.9. The topological polar surface area (TPSA) is 50.1 Å². The number of aryl methyl sites for hydroxylation is 2. The second-order valence-electron chi connectivity index (χ2n) is 6.31. The molecule has 5 heteroatoms. The van der Waals surface area contributed by atoms with Crippen molar-refractivity contribution in [1.29, 1.82) is 0 Å². The lowest BCUT2D eigenvalue weighted by atomic mass is 9.79. The molecular weight excluding hydrogens is 330 g/mol. The van der Waals surface area contributed by atoms with Gasteiger partial charge in [-0.25, -0.2) is 0 Å². The van der Waals surface area contributed by atoms with Crippen LogP contribution in [0.25, 0.3) is 0 Å². The molecule has 0 amide bonds. The van der Waals surface area contributed by atoms with Gasteiger partial charge in [0, 0.05) is 19.5 Å². The fourth-order valence-corrected chi connectivity index (χ4v) is 3.96. The van der Waals surface area contributed by atoms with Gasteiger partial charge in [-0.1, -0.05) is 13.8 Å². The van der Waals surface area contributed by atoms with Crippen LogP contribution in [0.1, 0.15) is 57.3 Å². The van der Waals surface area contributed by atoms with Gasteiger partial charge in [0.2, 0.25) is 0 Å². The molecule has 1 aliphatic carbocycles. The summed E-state index contributed by atoms with van der Waals surface area (Å²) in [5.41, 5.74) is 1.62. The van der Waals surface area contributed by atoms with Crippen LogP contribution in [0.3, 0.4) is 0 Å². The molecule has 1 aliphatic rings. The summed E-state index contributed by atoms with van der Waals surface area (Å²) in [7, 11) is 1.97. The van der Waals surface area contributed by atoms with Gasteiger partial charge in [0.15, 0.2) is 0 Å². The zero-order valence-electron chi connectivity index (χ0n) is 13.5. The molecule has 0 aliphatic heterocycles. The second kappa shape index (κ2) is 7.25. The van der Waals surface area contributed by atoms with Gasteiger partial charge in [-0.2, -0.15) is 5.10 Å². The number of nitrogens with zero attached hydrogens (tertiary/aromatic N) is 2. The van der Waals surface area contributed by atoms with Gasteiger partial charge in [-0.15, -0.1) is 0 Å². The molecule has 0 radical (unpaired) electrons. The highest BCUT2D eigenvalue weighted by Crippen LogP contribution is 2.34. The van der Waals surface area contributed by atoms with Crippen molar-refractivity contribution in [1.82, 2.24) is 15.1 Å². The van der Waals surface area contributed by atoms with E-state index in [2.05, 4.69) is 40.2 Å². The Labute approximate surface area is 136 Å². The largest absolute Gasteiger partial charge is 0.389 e. The van der Waals surface area contributed by atoms with Crippen LogP contribution >= 0.6 is 15.9 Å². The highest BCUT2D eigenvalue weighted by molar-refractivity contribution is 9.10. The molecule has 4 nitrogen and oxygen atoms in total. The third-order valence-electron chi connectivity index (χ3n) is 4.60. The van der Waals surface area contributed by atoms with E-state index < -0.39 is 5.60 Å². The monoisotopic (exact) mass is 357 g/mol. The van der Waals surface area contributed by atoms with Crippen molar-refractivity contribution in [2.75, 3.05) is 6.54 Å². The first kappa shape index (κ1) is 17.0. The van der Waals surface area contributed by atoms with Gasteiger partial charge in [0.05, 0.1) is 21.5 Å². The molecule has 1 fully saturated rings. The van der Waals surface area contributed by atoms with Crippen molar-refractivity contribution >= 4 is 15.9 Å². The highest BCUT2D eigenvalue weighted by Gasteiger charge is 2.34. The Kier molecular flexibility index (Phi) is 5.86. The molecule has 120 valence electrons. The summed E-state index contributed by atoms with van der Waals surface area (Å²) >= 11 is 3.65. The molecular formula is C16H28BrN3O. The van der Waals surface area contributed by atoms with Crippen molar-refractivity contribution in [2.24, 2.45) is 7.05 Å². The molecule has 0 spiro atoms. The van der Waals surface area contributed by atoms with Crippen LogP contribution in [0, 0.1) is 0 Å². The van der Waals surface area contributed by atoms with E-state index in [0.29, 0.717) is 12.5 Å². The summed E-state index contributed by atoms with van der Waals surface area (Å²) in [6, 6.07) is 0.575. The average Bonchev–Trinajstić information content (AvgIpc) is 2.74. The number of rotatable bonds is 6. The standard InChI is InChI=1S/C16H28BrN3O/c1-4-10-18-12-6-8-16(21,9-7-12)11-14-15(17)13(5-2)19-20(14)3/h12,18,21H,4-11H2,1-3H3. The Hall–Kier alpha value is -0.390. The Balaban J connectivity index is 1.99. The molecule has 0 aromatic carbocycles. The van der Waals surface area contributed by atoms with Crippen molar-refractivity contribution in [3.8, 4) is 0 Å². The fraction of sp³-hybridized carbons (Fsp3) is 0.812. The van der Waals surface area contributed by atoms with Crippen LogP contribution in [0.4, 0.5) is 0 Å². The molecule has 0 saturated heterocycles. The van der Waals surface area contributed by atoms with Gasteiger partial charge in [-0.3, -0.25) is 4.68 Å². The number of aliphatic hydroxyl groups is 1. The van der Waals surface area contributed by atoms with Gasteiger partial charge in [0.1, 0.15) is 0 Å². The van der Waals surface area contributed by atoms with Crippen LogP contribution in [-0.4, -0.2) is 33.1 Å². The van der Waals surface area contributed by atoms with Crippen molar-refractivity contribution < 1.29 is 5.11 Å². The Morgan fingerprint density at radius 3 is 2.57 bits per heavy atom. The SMILES string of the molecule is CCCNC1CCC(O)(Cc2c(Br)c(CC)nn2C)CC1.